The van der Waals surface area contributed by atoms with Gasteiger partial charge in [-0.1, -0.05) is 54.1 Å². The van der Waals surface area contributed by atoms with Gasteiger partial charge in [0.1, 0.15) is 5.75 Å². The maximum Gasteiger partial charge on any atom is 0.343 e. The van der Waals surface area contributed by atoms with Gasteiger partial charge >= 0.3 is 5.97 Å². The first-order valence-corrected chi connectivity index (χ1v) is 11.9. The summed E-state index contributed by atoms with van der Waals surface area (Å²) in [6, 6.07) is 21.9. The molecule has 0 saturated carbocycles. The van der Waals surface area contributed by atoms with Crippen molar-refractivity contribution in [2.24, 2.45) is 10.9 Å². The monoisotopic (exact) mass is 461 g/mol. The van der Waals surface area contributed by atoms with Crippen LogP contribution in [-0.2, 0) is 4.79 Å². The van der Waals surface area contributed by atoms with E-state index in [2.05, 4.69) is 0 Å². The molecule has 3 aromatic rings. The number of esters is 1. The minimum absolute atomic E-state index is 0.00384. The van der Waals surface area contributed by atoms with Crippen molar-refractivity contribution in [1.82, 2.24) is 0 Å². The number of aliphatic imine (C=N–C) groups is 1. The molecule has 1 aliphatic heterocycles. The second-order valence-corrected chi connectivity index (χ2v) is 9.32. The highest BCUT2D eigenvalue weighted by molar-refractivity contribution is 6.30. The number of allylic oxidation sites excluding steroid dienone is 2. The Balaban J connectivity index is 1.36. The molecule has 0 saturated heterocycles. The Morgan fingerprint density at radius 1 is 0.857 bits per heavy atom. The van der Waals surface area contributed by atoms with Crippen LogP contribution in [-0.4, -0.2) is 23.2 Å². The molecule has 172 valence electrons. The summed E-state index contributed by atoms with van der Waals surface area (Å²) in [5.74, 6) is -0.865. The van der Waals surface area contributed by atoms with E-state index in [1.54, 1.807) is 24.3 Å². The number of hydrogen-bond donors (Lipinski definition) is 0. The Labute approximate surface area is 203 Å². The SMILES string of the molecule is Cc1ccc(C(=O)Oc2ccc(C3C4=C(CCCC4=O)N=C4c5ccccc5C(=O)C43)cc2)cc1. The number of nitrogens with zero attached hydrogens (tertiary/aromatic N) is 1. The maximum atomic E-state index is 13.5. The predicted molar refractivity (Wildman–Crippen MR) is 132 cm³/mol. The minimum atomic E-state index is -0.519. The summed E-state index contributed by atoms with van der Waals surface area (Å²) < 4.78 is 5.56. The van der Waals surface area contributed by atoms with Crippen molar-refractivity contribution in [3.63, 3.8) is 0 Å². The Morgan fingerprint density at radius 2 is 1.57 bits per heavy atom. The molecule has 6 rings (SSSR count). The van der Waals surface area contributed by atoms with Crippen LogP contribution < -0.4 is 4.74 Å². The van der Waals surface area contributed by atoms with Crippen LogP contribution in [0.2, 0.25) is 0 Å². The van der Waals surface area contributed by atoms with Crippen LogP contribution in [0, 0.1) is 12.8 Å². The number of benzene rings is 3. The molecule has 0 radical (unpaired) electrons. The molecular formula is C30H23NO4. The standard InChI is InChI=1S/C30H23NO4/c1-17-9-11-19(12-10-17)30(34)35-20-15-13-18(14-16-20)25-26-23(7-4-8-24(26)32)31-28-21-5-2-3-6-22(21)29(33)27(25)28/h2-3,5-6,9-16,25,27H,4,7-8H2,1H3. The molecule has 0 N–H and O–H groups in total. The van der Waals surface area contributed by atoms with Crippen LogP contribution in [0.1, 0.15) is 62.6 Å². The number of rotatable bonds is 3. The number of carbonyl (C=O) groups excluding carboxylic acids is 3. The first kappa shape index (κ1) is 21.4. The van der Waals surface area contributed by atoms with Crippen LogP contribution in [0.5, 0.6) is 5.75 Å². The molecule has 0 spiro atoms. The van der Waals surface area contributed by atoms with Gasteiger partial charge in [0.05, 0.1) is 17.2 Å². The molecule has 1 heterocycles. The third-order valence-corrected chi connectivity index (χ3v) is 7.11. The molecule has 0 bridgehead atoms. The highest BCUT2D eigenvalue weighted by Crippen LogP contribution is 2.48. The summed E-state index contributed by atoms with van der Waals surface area (Å²) in [5, 5.41) is 0. The molecule has 5 nitrogen and oxygen atoms in total. The van der Waals surface area contributed by atoms with E-state index in [1.807, 2.05) is 55.5 Å². The van der Waals surface area contributed by atoms with Gasteiger partial charge in [-0.15, -0.1) is 0 Å². The van der Waals surface area contributed by atoms with Crippen LogP contribution in [0.3, 0.4) is 0 Å². The van der Waals surface area contributed by atoms with E-state index in [9.17, 15) is 14.4 Å². The van der Waals surface area contributed by atoms with Crippen LogP contribution in [0.4, 0.5) is 0 Å². The summed E-state index contributed by atoms with van der Waals surface area (Å²) in [5.41, 5.74) is 6.14. The number of aryl methyl sites for hydroxylation is 1. The minimum Gasteiger partial charge on any atom is -0.423 e. The van der Waals surface area contributed by atoms with Crippen molar-refractivity contribution in [1.29, 1.82) is 0 Å². The van der Waals surface area contributed by atoms with Crippen molar-refractivity contribution < 1.29 is 19.1 Å². The molecule has 3 aliphatic rings. The Kier molecular flexibility index (Phi) is 5.06. The molecule has 2 unspecified atom stereocenters. The average molecular weight is 462 g/mol. The van der Waals surface area contributed by atoms with Crippen LogP contribution in [0.15, 0.2) is 89.1 Å². The van der Waals surface area contributed by atoms with Gasteiger partial charge in [-0.2, -0.15) is 0 Å². The van der Waals surface area contributed by atoms with Gasteiger partial charge < -0.3 is 4.74 Å². The fourth-order valence-corrected chi connectivity index (χ4v) is 5.41. The largest absolute Gasteiger partial charge is 0.423 e. The van der Waals surface area contributed by atoms with Gasteiger partial charge in [0.15, 0.2) is 11.6 Å². The van der Waals surface area contributed by atoms with E-state index in [1.165, 1.54) is 0 Å². The fourth-order valence-electron chi connectivity index (χ4n) is 5.41. The molecule has 0 amide bonds. The molecule has 0 fully saturated rings. The summed E-state index contributed by atoms with van der Waals surface area (Å²) in [7, 11) is 0. The third-order valence-electron chi connectivity index (χ3n) is 7.11. The lowest BCUT2D eigenvalue weighted by Crippen LogP contribution is -2.33. The van der Waals surface area contributed by atoms with Crippen molar-refractivity contribution in [2.75, 3.05) is 0 Å². The normalized spacial score (nSPS) is 20.7. The van der Waals surface area contributed by atoms with Gasteiger partial charge in [-0.25, -0.2) is 4.79 Å². The topological polar surface area (TPSA) is 72.8 Å². The molecule has 0 aromatic heterocycles. The lowest BCUT2D eigenvalue weighted by molar-refractivity contribution is -0.116. The van der Waals surface area contributed by atoms with Gasteiger partial charge in [0.2, 0.25) is 0 Å². The Hall–Kier alpha value is -4.12. The van der Waals surface area contributed by atoms with E-state index >= 15 is 0 Å². The first-order chi connectivity index (χ1) is 17.0. The van der Waals surface area contributed by atoms with Crippen molar-refractivity contribution in [2.45, 2.75) is 32.1 Å². The lowest BCUT2D eigenvalue weighted by Gasteiger charge is -2.33. The molecule has 35 heavy (non-hydrogen) atoms. The van der Waals surface area contributed by atoms with Gasteiger partial charge in [-0.3, -0.25) is 14.6 Å². The quantitative estimate of drug-likeness (QED) is 0.375. The van der Waals surface area contributed by atoms with E-state index in [-0.39, 0.29) is 11.6 Å². The van der Waals surface area contributed by atoms with Gasteiger partial charge in [0.25, 0.3) is 0 Å². The van der Waals surface area contributed by atoms with E-state index < -0.39 is 17.8 Å². The van der Waals surface area contributed by atoms with Gasteiger partial charge in [0, 0.05) is 34.7 Å². The molecule has 2 atom stereocenters. The molecule has 3 aromatic carbocycles. The maximum absolute atomic E-state index is 13.5. The zero-order valence-corrected chi connectivity index (χ0v) is 19.3. The Morgan fingerprint density at radius 3 is 2.31 bits per heavy atom. The molecular weight excluding hydrogens is 438 g/mol. The lowest BCUT2D eigenvalue weighted by atomic mass is 9.71. The number of hydrogen-bond acceptors (Lipinski definition) is 5. The number of ether oxygens (including phenoxy) is 1. The van der Waals surface area contributed by atoms with Crippen LogP contribution in [0.25, 0.3) is 0 Å². The average Bonchev–Trinajstić information content (AvgIpc) is 3.16. The zero-order chi connectivity index (χ0) is 24.1. The summed E-state index contributed by atoms with van der Waals surface area (Å²) >= 11 is 0. The second-order valence-electron chi connectivity index (χ2n) is 9.32. The smallest absolute Gasteiger partial charge is 0.343 e. The number of carbonyl (C=O) groups is 3. The summed E-state index contributed by atoms with van der Waals surface area (Å²) in [4.78, 5) is 44.0. The van der Waals surface area contributed by atoms with E-state index in [0.717, 1.165) is 40.9 Å². The van der Waals surface area contributed by atoms with Crippen LogP contribution >= 0.6 is 0 Å². The highest BCUT2D eigenvalue weighted by Gasteiger charge is 2.48. The second kappa shape index (κ2) is 8.27. The summed E-state index contributed by atoms with van der Waals surface area (Å²) in [6.07, 6.45) is 1.98. The Bertz CT molecular complexity index is 1440. The fraction of sp³-hybridized carbons (Fsp3) is 0.200. The van der Waals surface area contributed by atoms with Crippen molar-refractivity contribution in [3.8, 4) is 5.75 Å². The van der Waals surface area contributed by atoms with Gasteiger partial charge in [-0.05, 0) is 49.6 Å². The van der Waals surface area contributed by atoms with Crippen molar-refractivity contribution >= 4 is 23.2 Å². The summed E-state index contributed by atoms with van der Waals surface area (Å²) in [6.45, 7) is 1.96. The third kappa shape index (κ3) is 3.55. The van der Waals surface area contributed by atoms with E-state index in [4.69, 9.17) is 9.73 Å². The number of fused-ring (bicyclic) bond motifs is 3. The predicted octanol–water partition coefficient (Wildman–Crippen LogP) is 5.62. The molecule has 2 aliphatic carbocycles. The van der Waals surface area contributed by atoms with Crippen molar-refractivity contribution in [3.05, 3.63) is 112 Å². The number of Topliss-reactive ketones (excluding diaryl/α,β-unsaturated/α-hetero) is 2. The number of ketones is 2. The highest BCUT2D eigenvalue weighted by atomic mass is 16.5. The van der Waals surface area contributed by atoms with E-state index in [0.29, 0.717) is 28.9 Å². The first-order valence-electron chi connectivity index (χ1n) is 11.9. The zero-order valence-electron chi connectivity index (χ0n) is 19.3. The molecule has 5 heteroatoms.